The second-order valence-electron chi connectivity index (χ2n) is 4.64. The number of hydrogen-bond acceptors (Lipinski definition) is 4. The zero-order chi connectivity index (χ0) is 15.1. The van der Waals surface area contributed by atoms with E-state index in [1.807, 2.05) is 0 Å². The zero-order valence-electron chi connectivity index (χ0n) is 10.9. The lowest BCUT2D eigenvalue weighted by molar-refractivity contribution is -0.138. The topological polar surface area (TPSA) is 113 Å². The first-order valence-electron chi connectivity index (χ1n) is 5.92. The van der Waals surface area contributed by atoms with Crippen molar-refractivity contribution in [2.45, 2.75) is 30.7 Å². The summed E-state index contributed by atoms with van der Waals surface area (Å²) in [5.74, 6) is -1.89. The molecule has 0 aliphatic carbocycles. The highest BCUT2D eigenvalue weighted by molar-refractivity contribution is 7.89. The molecule has 2 rings (SSSR count). The second-order valence-corrected chi connectivity index (χ2v) is 6.36. The number of carbonyl (C=O) groups is 2. The molecular formula is C12H14N2O5S. The molecule has 0 aromatic heterocycles. The van der Waals surface area contributed by atoms with Crippen molar-refractivity contribution in [3.8, 4) is 0 Å². The summed E-state index contributed by atoms with van der Waals surface area (Å²) in [5, 5.41) is 11.4. The van der Waals surface area contributed by atoms with Crippen molar-refractivity contribution in [3.05, 3.63) is 23.8 Å². The molecule has 1 aliphatic rings. The Bertz CT molecular complexity index is 683. The third-order valence-corrected chi connectivity index (χ3v) is 4.69. The van der Waals surface area contributed by atoms with Gasteiger partial charge >= 0.3 is 5.97 Å². The SMILES string of the molecule is CC1C(=O)Nc2ccc(S(=O)(=O)N[C@@H](C)C(=O)O)cc21. The average Bonchev–Trinajstić information content (AvgIpc) is 2.64. The fourth-order valence-corrected chi connectivity index (χ4v) is 3.15. The number of sulfonamides is 1. The molecule has 108 valence electrons. The third kappa shape index (κ3) is 2.52. The molecule has 0 saturated carbocycles. The molecule has 0 fully saturated rings. The summed E-state index contributed by atoms with van der Waals surface area (Å²) < 4.78 is 26.2. The largest absolute Gasteiger partial charge is 0.480 e. The fraction of sp³-hybridized carbons (Fsp3) is 0.333. The number of nitrogens with one attached hydrogen (secondary N) is 2. The van der Waals surface area contributed by atoms with Gasteiger partial charge in [-0.05, 0) is 37.6 Å². The molecule has 1 aliphatic heterocycles. The number of carboxylic acids is 1. The number of carboxylic acid groups (broad SMARTS) is 1. The number of carbonyl (C=O) groups excluding carboxylic acids is 1. The zero-order valence-corrected chi connectivity index (χ0v) is 11.7. The first-order valence-corrected chi connectivity index (χ1v) is 7.40. The van der Waals surface area contributed by atoms with Gasteiger partial charge in [0, 0.05) is 5.69 Å². The van der Waals surface area contributed by atoms with Crippen molar-refractivity contribution < 1.29 is 23.1 Å². The van der Waals surface area contributed by atoms with Crippen molar-refractivity contribution >= 4 is 27.6 Å². The second kappa shape index (κ2) is 4.88. The number of fused-ring (bicyclic) bond motifs is 1. The minimum atomic E-state index is -3.94. The smallest absolute Gasteiger partial charge is 0.321 e. The van der Waals surface area contributed by atoms with E-state index in [2.05, 4.69) is 10.0 Å². The molecule has 0 bridgehead atoms. The van der Waals surface area contributed by atoms with E-state index in [1.54, 1.807) is 6.92 Å². The highest BCUT2D eigenvalue weighted by atomic mass is 32.2. The molecule has 1 heterocycles. The van der Waals surface area contributed by atoms with Crippen LogP contribution in [0, 0.1) is 0 Å². The van der Waals surface area contributed by atoms with Gasteiger partial charge in [-0.2, -0.15) is 4.72 Å². The lowest BCUT2D eigenvalue weighted by atomic mass is 10.0. The molecule has 20 heavy (non-hydrogen) atoms. The highest BCUT2D eigenvalue weighted by Crippen LogP contribution is 2.33. The van der Waals surface area contributed by atoms with Gasteiger partial charge < -0.3 is 10.4 Å². The summed E-state index contributed by atoms with van der Waals surface area (Å²) in [6, 6.07) is 2.98. The predicted molar refractivity (Wildman–Crippen MR) is 70.9 cm³/mol. The van der Waals surface area contributed by atoms with Crippen LogP contribution in [0.2, 0.25) is 0 Å². The molecule has 7 nitrogen and oxygen atoms in total. The standard InChI is InChI=1S/C12H14N2O5S/c1-6-9-5-8(3-4-10(9)13-11(6)15)20(18,19)14-7(2)12(16)17/h3-7,14H,1-2H3,(H,13,15)(H,16,17)/t6?,7-/m0/s1. The van der Waals surface area contributed by atoms with E-state index < -0.39 is 28.0 Å². The molecular weight excluding hydrogens is 284 g/mol. The van der Waals surface area contributed by atoms with Gasteiger partial charge in [0.25, 0.3) is 0 Å². The maximum absolute atomic E-state index is 12.1. The number of hydrogen-bond donors (Lipinski definition) is 3. The van der Waals surface area contributed by atoms with Gasteiger partial charge in [0.1, 0.15) is 6.04 Å². The summed E-state index contributed by atoms with van der Waals surface area (Å²) in [6.45, 7) is 2.91. The van der Waals surface area contributed by atoms with Crippen molar-refractivity contribution in [2.24, 2.45) is 0 Å². The van der Waals surface area contributed by atoms with Crippen LogP contribution in [0.1, 0.15) is 25.3 Å². The summed E-state index contributed by atoms with van der Waals surface area (Å²) in [7, 11) is -3.94. The van der Waals surface area contributed by atoms with Gasteiger partial charge in [-0.15, -0.1) is 0 Å². The van der Waals surface area contributed by atoms with Crippen LogP contribution in [-0.4, -0.2) is 31.4 Å². The van der Waals surface area contributed by atoms with Gasteiger partial charge in [-0.3, -0.25) is 9.59 Å². The Morgan fingerprint density at radius 1 is 1.45 bits per heavy atom. The Balaban J connectivity index is 2.35. The fourth-order valence-electron chi connectivity index (χ4n) is 1.91. The molecule has 2 atom stereocenters. The summed E-state index contributed by atoms with van der Waals surface area (Å²) in [6.07, 6.45) is 0. The number of benzene rings is 1. The van der Waals surface area contributed by atoms with Crippen LogP contribution < -0.4 is 10.0 Å². The molecule has 0 radical (unpaired) electrons. The van der Waals surface area contributed by atoms with E-state index in [0.717, 1.165) is 0 Å². The quantitative estimate of drug-likeness (QED) is 0.749. The van der Waals surface area contributed by atoms with Crippen molar-refractivity contribution in [1.29, 1.82) is 0 Å². The van der Waals surface area contributed by atoms with Gasteiger partial charge in [-0.1, -0.05) is 0 Å². The summed E-state index contributed by atoms with van der Waals surface area (Å²) >= 11 is 0. The monoisotopic (exact) mass is 298 g/mol. The van der Waals surface area contributed by atoms with Crippen LogP contribution in [0.25, 0.3) is 0 Å². The van der Waals surface area contributed by atoms with Gasteiger partial charge in [0.15, 0.2) is 0 Å². The Morgan fingerprint density at radius 2 is 2.10 bits per heavy atom. The van der Waals surface area contributed by atoms with Crippen LogP contribution in [0.4, 0.5) is 5.69 Å². The van der Waals surface area contributed by atoms with E-state index in [-0.39, 0.29) is 10.8 Å². The molecule has 1 aromatic rings. The number of rotatable bonds is 4. The summed E-state index contributed by atoms with van der Waals surface area (Å²) in [5.41, 5.74) is 1.16. The third-order valence-electron chi connectivity index (χ3n) is 3.15. The molecule has 1 amide bonds. The number of amides is 1. The maximum Gasteiger partial charge on any atom is 0.321 e. The van der Waals surface area contributed by atoms with Crippen LogP contribution in [-0.2, 0) is 19.6 Å². The van der Waals surface area contributed by atoms with Crippen LogP contribution >= 0.6 is 0 Å². The Morgan fingerprint density at radius 3 is 2.70 bits per heavy atom. The molecule has 1 unspecified atom stereocenters. The van der Waals surface area contributed by atoms with E-state index in [4.69, 9.17) is 5.11 Å². The molecule has 0 saturated heterocycles. The molecule has 8 heteroatoms. The Kier molecular flexibility index (Phi) is 3.53. The van der Waals surface area contributed by atoms with E-state index in [1.165, 1.54) is 25.1 Å². The summed E-state index contributed by atoms with van der Waals surface area (Å²) in [4.78, 5) is 22.2. The lowest BCUT2D eigenvalue weighted by Gasteiger charge is -2.11. The minimum absolute atomic E-state index is 0.0623. The maximum atomic E-state index is 12.1. The Labute approximate surface area is 116 Å². The first kappa shape index (κ1) is 14.5. The average molecular weight is 298 g/mol. The highest BCUT2D eigenvalue weighted by Gasteiger charge is 2.29. The Hall–Kier alpha value is -1.93. The van der Waals surface area contributed by atoms with Crippen LogP contribution in [0.15, 0.2) is 23.1 Å². The molecule has 3 N–H and O–H groups in total. The lowest BCUT2D eigenvalue weighted by Crippen LogP contribution is -2.38. The van der Waals surface area contributed by atoms with Crippen molar-refractivity contribution in [3.63, 3.8) is 0 Å². The predicted octanol–water partition coefficient (Wildman–Crippen LogP) is 0.494. The van der Waals surface area contributed by atoms with E-state index in [9.17, 15) is 18.0 Å². The minimum Gasteiger partial charge on any atom is -0.480 e. The van der Waals surface area contributed by atoms with Crippen molar-refractivity contribution in [2.75, 3.05) is 5.32 Å². The van der Waals surface area contributed by atoms with E-state index in [0.29, 0.717) is 11.3 Å². The van der Waals surface area contributed by atoms with Gasteiger partial charge in [0.05, 0.1) is 10.8 Å². The van der Waals surface area contributed by atoms with E-state index >= 15 is 0 Å². The van der Waals surface area contributed by atoms with Crippen LogP contribution in [0.5, 0.6) is 0 Å². The number of aliphatic carboxylic acids is 1. The molecule has 1 aromatic carbocycles. The van der Waals surface area contributed by atoms with Crippen molar-refractivity contribution in [1.82, 2.24) is 4.72 Å². The first-order chi connectivity index (χ1) is 9.22. The van der Waals surface area contributed by atoms with Gasteiger partial charge in [0.2, 0.25) is 15.9 Å². The number of anilines is 1. The van der Waals surface area contributed by atoms with Gasteiger partial charge in [-0.25, -0.2) is 8.42 Å². The molecule has 0 spiro atoms. The van der Waals surface area contributed by atoms with Crippen LogP contribution in [0.3, 0.4) is 0 Å². The normalized spacial score (nSPS) is 19.3.